The van der Waals surface area contributed by atoms with Crippen molar-refractivity contribution < 1.29 is 14.5 Å². The fourth-order valence-electron chi connectivity index (χ4n) is 0.900. The molecule has 4 heteroatoms. The van der Waals surface area contributed by atoms with Crippen LogP contribution in [0.1, 0.15) is 5.56 Å². The minimum Gasteiger partial charge on any atom is -0.544 e. The molecule has 0 N–H and O–H groups in total. The van der Waals surface area contributed by atoms with Gasteiger partial charge in [0.25, 0.3) is 0 Å². The van der Waals surface area contributed by atoms with Gasteiger partial charge >= 0.3 is 0 Å². The van der Waals surface area contributed by atoms with Gasteiger partial charge in [-0.1, -0.05) is 0 Å². The SMILES string of the molecule is Cc1ccc[n+](CC(=O)[O-])c1.Cl. The number of carbonyl (C=O) groups excluding carboxylic acids is 1. The van der Waals surface area contributed by atoms with Crippen molar-refractivity contribution in [3.05, 3.63) is 30.1 Å². The number of halogens is 1. The average molecular weight is 188 g/mol. The van der Waals surface area contributed by atoms with E-state index in [0.29, 0.717) is 0 Å². The number of rotatable bonds is 2. The zero-order valence-corrected chi connectivity index (χ0v) is 7.50. The monoisotopic (exact) mass is 187 g/mol. The summed E-state index contributed by atoms with van der Waals surface area (Å²) in [6, 6.07) is 3.71. The summed E-state index contributed by atoms with van der Waals surface area (Å²) in [6.45, 7) is 1.83. The Morgan fingerprint density at radius 2 is 2.33 bits per heavy atom. The number of aromatic nitrogens is 1. The second-order valence-corrected chi connectivity index (χ2v) is 2.43. The summed E-state index contributed by atoms with van der Waals surface area (Å²) in [7, 11) is 0. The summed E-state index contributed by atoms with van der Waals surface area (Å²) in [5.74, 6) is -1.07. The van der Waals surface area contributed by atoms with Crippen LogP contribution in [0.4, 0.5) is 0 Å². The minimum atomic E-state index is -1.07. The number of hydrogen-bond donors (Lipinski definition) is 0. The van der Waals surface area contributed by atoms with Gasteiger partial charge in [-0.05, 0) is 13.0 Å². The Labute approximate surface area is 77.1 Å². The molecule has 0 aliphatic heterocycles. The normalized spacial score (nSPS) is 8.75. The summed E-state index contributed by atoms with van der Waals surface area (Å²) in [5, 5.41) is 10.1. The van der Waals surface area contributed by atoms with Gasteiger partial charge in [0, 0.05) is 11.6 Å². The van der Waals surface area contributed by atoms with E-state index in [2.05, 4.69) is 0 Å². The van der Waals surface area contributed by atoms with Crippen molar-refractivity contribution >= 4 is 18.4 Å². The first-order chi connectivity index (χ1) is 5.18. The molecule has 0 spiro atoms. The number of hydrogen-bond acceptors (Lipinski definition) is 2. The van der Waals surface area contributed by atoms with E-state index in [9.17, 15) is 9.90 Å². The molecule has 1 aromatic heterocycles. The number of nitrogens with zero attached hydrogens (tertiary/aromatic N) is 1. The van der Waals surface area contributed by atoms with Gasteiger partial charge in [0.15, 0.2) is 18.9 Å². The summed E-state index contributed by atoms with van der Waals surface area (Å²) in [5.41, 5.74) is 1.04. The highest BCUT2D eigenvalue weighted by Gasteiger charge is 1.98. The first kappa shape index (κ1) is 10.9. The lowest BCUT2D eigenvalue weighted by Crippen LogP contribution is -2.43. The van der Waals surface area contributed by atoms with Gasteiger partial charge in [-0.25, -0.2) is 0 Å². The number of pyridine rings is 1. The van der Waals surface area contributed by atoms with Crippen molar-refractivity contribution in [3.63, 3.8) is 0 Å². The molecular weight excluding hydrogens is 178 g/mol. The maximum Gasteiger partial charge on any atom is 0.187 e. The van der Waals surface area contributed by atoms with Gasteiger partial charge in [0.1, 0.15) is 5.97 Å². The molecule has 0 bridgehead atoms. The number of carboxylic acids is 1. The highest BCUT2D eigenvalue weighted by atomic mass is 35.5. The average Bonchev–Trinajstić information content (AvgIpc) is 1.85. The van der Waals surface area contributed by atoms with E-state index in [1.807, 2.05) is 13.0 Å². The lowest BCUT2D eigenvalue weighted by atomic mass is 10.3. The molecule has 0 aliphatic carbocycles. The summed E-state index contributed by atoms with van der Waals surface area (Å²) >= 11 is 0. The molecule has 0 atom stereocenters. The zero-order valence-electron chi connectivity index (χ0n) is 6.69. The van der Waals surface area contributed by atoms with Crippen LogP contribution in [0.15, 0.2) is 24.5 Å². The van der Waals surface area contributed by atoms with Crippen molar-refractivity contribution in [1.82, 2.24) is 0 Å². The van der Waals surface area contributed by atoms with E-state index in [-0.39, 0.29) is 19.0 Å². The van der Waals surface area contributed by atoms with Crippen LogP contribution in [-0.4, -0.2) is 5.97 Å². The Bertz CT molecular complexity index is 276. The van der Waals surface area contributed by atoms with Crippen LogP contribution in [0.5, 0.6) is 0 Å². The molecule has 66 valence electrons. The van der Waals surface area contributed by atoms with Gasteiger partial charge in [0.05, 0.1) is 0 Å². The van der Waals surface area contributed by atoms with E-state index < -0.39 is 5.97 Å². The lowest BCUT2D eigenvalue weighted by molar-refractivity contribution is -0.691. The van der Waals surface area contributed by atoms with Crippen LogP contribution in [0.25, 0.3) is 0 Å². The van der Waals surface area contributed by atoms with Crippen molar-refractivity contribution in [3.8, 4) is 0 Å². The molecule has 0 radical (unpaired) electrons. The molecule has 0 fully saturated rings. The van der Waals surface area contributed by atoms with E-state index in [4.69, 9.17) is 0 Å². The third-order valence-electron chi connectivity index (χ3n) is 1.32. The third kappa shape index (κ3) is 3.34. The Balaban J connectivity index is 0.00000121. The maximum absolute atomic E-state index is 10.1. The topological polar surface area (TPSA) is 44.0 Å². The van der Waals surface area contributed by atoms with E-state index in [0.717, 1.165) is 5.56 Å². The van der Waals surface area contributed by atoms with Crippen LogP contribution in [0.3, 0.4) is 0 Å². The predicted molar refractivity (Wildman–Crippen MR) is 43.6 cm³/mol. The van der Waals surface area contributed by atoms with E-state index >= 15 is 0 Å². The third-order valence-corrected chi connectivity index (χ3v) is 1.32. The first-order valence-electron chi connectivity index (χ1n) is 3.34. The van der Waals surface area contributed by atoms with E-state index in [1.54, 1.807) is 23.0 Å². The molecule has 0 saturated carbocycles. The molecule has 3 nitrogen and oxygen atoms in total. The molecule has 0 saturated heterocycles. The Hall–Kier alpha value is -1.09. The molecule has 1 rings (SSSR count). The largest absolute Gasteiger partial charge is 0.544 e. The van der Waals surface area contributed by atoms with Crippen LogP contribution in [0, 0.1) is 6.92 Å². The van der Waals surface area contributed by atoms with Crippen molar-refractivity contribution in [2.45, 2.75) is 13.5 Å². The quantitative estimate of drug-likeness (QED) is 0.584. The van der Waals surface area contributed by atoms with Crippen molar-refractivity contribution in [2.24, 2.45) is 0 Å². The maximum atomic E-state index is 10.1. The molecule has 1 aromatic rings. The fraction of sp³-hybridized carbons (Fsp3) is 0.250. The highest BCUT2D eigenvalue weighted by Crippen LogP contribution is 1.88. The van der Waals surface area contributed by atoms with Gasteiger partial charge in [0.2, 0.25) is 0 Å². The van der Waals surface area contributed by atoms with Gasteiger partial charge in [-0.3, -0.25) is 0 Å². The molecule has 0 amide bonds. The smallest absolute Gasteiger partial charge is 0.187 e. The molecular formula is C8H10ClNO2. The summed E-state index contributed by atoms with van der Waals surface area (Å²) in [4.78, 5) is 10.1. The highest BCUT2D eigenvalue weighted by molar-refractivity contribution is 5.85. The van der Waals surface area contributed by atoms with Gasteiger partial charge in [-0.15, -0.1) is 12.4 Å². The Kier molecular flexibility index (Phi) is 4.29. The van der Waals surface area contributed by atoms with Crippen LogP contribution < -0.4 is 9.67 Å². The molecule has 0 aromatic carbocycles. The molecule has 1 heterocycles. The standard InChI is InChI=1S/C8H9NO2.ClH/c1-7-3-2-4-9(5-7)6-8(10)11;/h2-5H,6H2,1H3;1H. The fourth-order valence-corrected chi connectivity index (χ4v) is 0.900. The van der Waals surface area contributed by atoms with Crippen LogP contribution in [-0.2, 0) is 11.3 Å². The Morgan fingerprint density at radius 3 is 2.83 bits per heavy atom. The summed E-state index contributed by atoms with van der Waals surface area (Å²) < 4.78 is 1.57. The van der Waals surface area contributed by atoms with Crippen molar-refractivity contribution in [2.75, 3.05) is 0 Å². The Morgan fingerprint density at radius 1 is 1.67 bits per heavy atom. The zero-order chi connectivity index (χ0) is 8.27. The number of aryl methyl sites for hydroxylation is 1. The van der Waals surface area contributed by atoms with Crippen LogP contribution >= 0.6 is 12.4 Å². The van der Waals surface area contributed by atoms with Gasteiger partial charge < -0.3 is 9.90 Å². The van der Waals surface area contributed by atoms with Gasteiger partial charge in [-0.2, -0.15) is 4.57 Å². The minimum absolute atomic E-state index is 0. The molecule has 0 unspecified atom stereocenters. The lowest BCUT2D eigenvalue weighted by Gasteiger charge is -1.97. The number of carboxylic acid groups (broad SMARTS) is 1. The first-order valence-corrected chi connectivity index (χ1v) is 3.34. The second-order valence-electron chi connectivity index (χ2n) is 2.43. The van der Waals surface area contributed by atoms with Crippen LogP contribution in [0.2, 0.25) is 0 Å². The van der Waals surface area contributed by atoms with E-state index in [1.165, 1.54) is 0 Å². The second kappa shape index (κ2) is 4.72. The number of aliphatic carboxylic acids is 1. The predicted octanol–water partition coefficient (Wildman–Crippen LogP) is -0.546. The molecule has 12 heavy (non-hydrogen) atoms. The summed E-state index contributed by atoms with van der Waals surface area (Å²) in [6.07, 6.45) is 3.46. The molecule has 0 aliphatic rings. The van der Waals surface area contributed by atoms with Crippen molar-refractivity contribution in [1.29, 1.82) is 0 Å². The number of carbonyl (C=O) groups is 1.